The first-order valence-corrected chi connectivity index (χ1v) is 25.4. The summed E-state index contributed by atoms with van der Waals surface area (Å²) in [6.07, 6.45) is 0.517. The van der Waals surface area contributed by atoms with Crippen molar-refractivity contribution in [3.05, 3.63) is 17.3 Å². The molecule has 5 atom stereocenters. The molecule has 21 heteroatoms. The minimum Gasteiger partial charge on any atom is -0.443 e. The summed E-state index contributed by atoms with van der Waals surface area (Å²) in [5.74, 6) is -0.460. The molecule has 0 aromatic carbocycles. The molecule has 1 saturated carbocycles. The number of anilines is 1. The largest absolute Gasteiger partial charge is 0.443 e. The maximum atomic E-state index is 13.9. The van der Waals surface area contributed by atoms with Crippen molar-refractivity contribution < 1.29 is 42.9 Å². The fraction of sp³-hybridized carbons (Fsp3) is 0.794. The molecule has 0 bridgehead atoms. The van der Waals surface area contributed by atoms with Gasteiger partial charge >= 0.3 is 6.09 Å². The molecule has 1 amide bonds. The molecular formula is C34H55ClN9O9PSi. The monoisotopic (exact) mass is 827 g/mol. The summed E-state index contributed by atoms with van der Waals surface area (Å²) < 4.78 is 52.7. The van der Waals surface area contributed by atoms with Crippen LogP contribution in [0.25, 0.3) is 11.0 Å². The molecule has 1 aliphatic carbocycles. The SMILES string of the molecule is CC(C)(C)OC(=O)N(c1nc(Cl)nc2c1cnn2[C@@H]1O[C@H](CO[C@@](CO)(Cc2nnn(COCC[Si](C)(C)C)n2)P(C)(C)=O)[C@H]2OC(C)(C)O[C@H]21)C1CCC1. The Bertz CT molecular complexity index is 1890. The van der Waals surface area contributed by atoms with E-state index >= 15 is 0 Å². The molecule has 2 aliphatic heterocycles. The summed E-state index contributed by atoms with van der Waals surface area (Å²) in [6, 6.07) is 0.871. The predicted octanol–water partition coefficient (Wildman–Crippen LogP) is 5.06. The van der Waals surface area contributed by atoms with Gasteiger partial charge in [0, 0.05) is 27.1 Å². The van der Waals surface area contributed by atoms with E-state index in [1.54, 1.807) is 43.0 Å². The van der Waals surface area contributed by atoms with Gasteiger partial charge in [0.25, 0.3) is 0 Å². The Morgan fingerprint density at radius 1 is 1.16 bits per heavy atom. The first-order valence-electron chi connectivity index (χ1n) is 18.7. The molecule has 5 heterocycles. The molecule has 3 fully saturated rings. The number of fused-ring (bicyclic) bond motifs is 2. The number of tetrazole rings is 1. The van der Waals surface area contributed by atoms with Crippen molar-refractivity contribution in [1.82, 2.24) is 40.0 Å². The number of rotatable bonds is 15. The third-order valence-corrected chi connectivity index (χ3v) is 14.2. The van der Waals surface area contributed by atoms with Crippen molar-refractivity contribution >= 4 is 49.8 Å². The van der Waals surface area contributed by atoms with Crippen LogP contribution >= 0.6 is 18.7 Å². The molecule has 0 spiro atoms. The number of amides is 1. The minimum absolute atomic E-state index is 0.0765. The molecule has 3 aliphatic rings. The second-order valence-electron chi connectivity index (χ2n) is 17.6. The fourth-order valence-corrected chi connectivity index (χ4v) is 8.85. The van der Waals surface area contributed by atoms with Gasteiger partial charge in [-0.25, -0.2) is 9.48 Å². The Morgan fingerprint density at radius 3 is 2.49 bits per heavy atom. The molecule has 55 heavy (non-hydrogen) atoms. The molecule has 3 aromatic rings. The van der Waals surface area contributed by atoms with Gasteiger partial charge in [-0.2, -0.15) is 15.1 Å². The van der Waals surface area contributed by atoms with Crippen LogP contribution in [0.15, 0.2) is 6.20 Å². The van der Waals surface area contributed by atoms with Gasteiger partial charge in [-0.15, -0.1) is 15.0 Å². The Labute approximate surface area is 327 Å². The van der Waals surface area contributed by atoms with Crippen LogP contribution in [-0.2, 0) is 46.1 Å². The molecule has 6 rings (SSSR count). The molecule has 0 unspecified atom stereocenters. The second-order valence-corrected chi connectivity index (χ2v) is 27.1. The smallest absolute Gasteiger partial charge is 0.416 e. The van der Waals surface area contributed by atoms with Crippen LogP contribution in [0.2, 0.25) is 31.0 Å². The number of halogens is 1. The van der Waals surface area contributed by atoms with Gasteiger partial charge in [-0.05, 0) is 90.1 Å². The average Bonchev–Trinajstić information content (AvgIpc) is 3.80. The summed E-state index contributed by atoms with van der Waals surface area (Å²) in [5.41, 5.74) is -0.417. The number of ether oxygens (including phenoxy) is 6. The van der Waals surface area contributed by atoms with Gasteiger partial charge in [0.2, 0.25) is 5.28 Å². The second kappa shape index (κ2) is 15.6. The van der Waals surface area contributed by atoms with E-state index in [0.29, 0.717) is 17.6 Å². The van der Waals surface area contributed by atoms with Crippen molar-refractivity contribution in [3.8, 4) is 0 Å². The lowest BCUT2D eigenvalue weighted by Crippen LogP contribution is -2.47. The van der Waals surface area contributed by atoms with Crippen molar-refractivity contribution in [2.45, 2.75) is 140 Å². The number of carbonyl (C=O) groups excluding carboxylic acids is 1. The van der Waals surface area contributed by atoms with E-state index in [9.17, 15) is 14.5 Å². The Balaban J connectivity index is 1.24. The van der Waals surface area contributed by atoms with Gasteiger partial charge in [0.15, 0.2) is 41.4 Å². The molecule has 18 nitrogen and oxygen atoms in total. The number of aromatic nitrogens is 8. The van der Waals surface area contributed by atoms with Gasteiger partial charge in [-0.3, -0.25) is 4.90 Å². The number of carbonyl (C=O) groups is 1. The number of nitrogens with zero attached hydrogens (tertiary/aromatic N) is 9. The maximum absolute atomic E-state index is 13.9. The lowest BCUT2D eigenvalue weighted by Gasteiger charge is -2.37. The van der Waals surface area contributed by atoms with Gasteiger partial charge in [0.1, 0.15) is 31.1 Å². The standard InChI is InChI=1S/C34H55ClN9O9PSi/c1-32(2,3)53-31(46)43(21-12-11-13-21)27-22-17-36-44(28(22)38-30(35)37-27)29-26-25(51-33(4,5)52-26)23(50-29)18-49-34(19-45,54(6,7)47)16-24-39-41-42(40-24)20-48-14-15-55(8,9)10/h17,21,23,25-26,29,45H,11-16,18-20H2,1-10H3/t23-,25-,26-,29-,34+/m1/s1. The lowest BCUT2D eigenvalue weighted by atomic mass is 9.91. The zero-order valence-corrected chi connectivity index (χ0v) is 36.0. The summed E-state index contributed by atoms with van der Waals surface area (Å²) in [4.78, 5) is 25.4. The minimum atomic E-state index is -3.20. The highest BCUT2D eigenvalue weighted by atomic mass is 35.5. The van der Waals surface area contributed by atoms with E-state index < -0.39 is 69.2 Å². The van der Waals surface area contributed by atoms with E-state index in [1.165, 1.54) is 4.80 Å². The van der Waals surface area contributed by atoms with Gasteiger partial charge < -0.3 is 38.1 Å². The molecule has 3 aromatic heterocycles. The van der Waals surface area contributed by atoms with Gasteiger partial charge in [0.05, 0.1) is 24.8 Å². The fourth-order valence-electron chi connectivity index (χ4n) is 6.69. The van der Waals surface area contributed by atoms with Crippen LogP contribution in [-0.4, -0.2) is 133 Å². The van der Waals surface area contributed by atoms with Crippen LogP contribution in [0.4, 0.5) is 10.6 Å². The van der Waals surface area contributed by atoms with Crippen molar-refractivity contribution in [1.29, 1.82) is 0 Å². The molecule has 0 radical (unpaired) electrons. The van der Waals surface area contributed by atoms with Crippen LogP contribution in [0.1, 0.15) is 65.9 Å². The highest BCUT2D eigenvalue weighted by Crippen LogP contribution is 2.54. The highest BCUT2D eigenvalue weighted by molar-refractivity contribution is 7.63. The zero-order valence-electron chi connectivity index (χ0n) is 33.4. The third kappa shape index (κ3) is 9.41. The molecule has 2 saturated heterocycles. The topological polar surface area (TPSA) is 200 Å². The Hall–Kier alpha value is -2.61. The predicted molar refractivity (Wildman–Crippen MR) is 205 cm³/mol. The Kier molecular flexibility index (Phi) is 11.9. The number of aliphatic hydroxyl groups excluding tert-OH is 1. The number of hydrogen-bond donors (Lipinski definition) is 1. The van der Waals surface area contributed by atoms with Crippen LogP contribution < -0.4 is 4.90 Å². The van der Waals surface area contributed by atoms with Crippen LogP contribution in [0.3, 0.4) is 0 Å². The number of hydrogen-bond acceptors (Lipinski definition) is 15. The van der Waals surface area contributed by atoms with Crippen molar-refractivity contribution in [3.63, 3.8) is 0 Å². The van der Waals surface area contributed by atoms with E-state index in [0.717, 1.165) is 25.3 Å². The quantitative estimate of drug-likeness (QED) is 0.0922. The highest BCUT2D eigenvalue weighted by Gasteiger charge is 2.57. The summed E-state index contributed by atoms with van der Waals surface area (Å²) in [7, 11) is -4.46. The van der Waals surface area contributed by atoms with E-state index in [4.69, 9.17) is 40.0 Å². The van der Waals surface area contributed by atoms with E-state index in [1.807, 2.05) is 20.8 Å². The van der Waals surface area contributed by atoms with Crippen molar-refractivity contribution in [2.24, 2.45) is 0 Å². The first kappa shape index (κ1) is 42.0. The summed E-state index contributed by atoms with van der Waals surface area (Å²) in [6.45, 7) is 18.9. The zero-order chi connectivity index (χ0) is 40.1. The van der Waals surface area contributed by atoms with E-state index in [-0.39, 0.29) is 42.7 Å². The summed E-state index contributed by atoms with van der Waals surface area (Å²) in [5, 5.41) is 26.9. The van der Waals surface area contributed by atoms with Gasteiger partial charge in [-0.1, -0.05) is 19.6 Å². The third-order valence-electron chi connectivity index (χ3n) is 9.91. The van der Waals surface area contributed by atoms with Crippen LogP contribution in [0, 0.1) is 0 Å². The molecular weight excluding hydrogens is 773 g/mol. The Morgan fingerprint density at radius 2 is 1.87 bits per heavy atom. The van der Waals surface area contributed by atoms with Crippen molar-refractivity contribution in [2.75, 3.05) is 38.1 Å². The van der Waals surface area contributed by atoms with E-state index in [2.05, 4.69) is 50.1 Å². The normalized spacial score (nSPS) is 24.1. The summed E-state index contributed by atoms with van der Waals surface area (Å²) >= 11 is 6.54. The molecule has 306 valence electrons. The average molecular weight is 828 g/mol. The maximum Gasteiger partial charge on any atom is 0.416 e. The van der Waals surface area contributed by atoms with Crippen LogP contribution in [0.5, 0.6) is 0 Å². The molecule has 1 N–H and O–H groups in total. The number of aliphatic hydroxyl groups is 1. The first-order chi connectivity index (χ1) is 25.6. The lowest BCUT2D eigenvalue weighted by molar-refractivity contribution is -0.206.